The van der Waals surface area contributed by atoms with Crippen LogP contribution in [0, 0.1) is 0 Å². The van der Waals surface area contributed by atoms with E-state index < -0.39 is 23.6 Å². The van der Waals surface area contributed by atoms with E-state index in [0.717, 1.165) is 48.5 Å². The van der Waals surface area contributed by atoms with Gasteiger partial charge in [-0.1, -0.05) is 48.5 Å². The molecule has 0 aliphatic carbocycles. The SMILES string of the molecule is COc1ccc(CN2CC(Oc3cc4ncnc(-c5ccc(C(C(N)=O)c6ccc(C(F)(F)F)cc6)cc5)c4cc3OC)C2)cc1. The van der Waals surface area contributed by atoms with Crippen molar-refractivity contribution in [2.45, 2.75) is 24.7 Å². The van der Waals surface area contributed by atoms with Gasteiger partial charge < -0.3 is 19.9 Å². The normalized spacial score (nSPS) is 14.5. The number of hydrogen-bond acceptors (Lipinski definition) is 7. The fourth-order valence-electron chi connectivity index (χ4n) is 5.66. The van der Waals surface area contributed by atoms with Gasteiger partial charge in [0.2, 0.25) is 5.91 Å². The molecular formula is C35H31F3N4O4. The summed E-state index contributed by atoms with van der Waals surface area (Å²) in [4.78, 5) is 23.7. The number of halogens is 3. The topological polar surface area (TPSA) is 99.8 Å². The second-order valence-electron chi connectivity index (χ2n) is 11.1. The highest BCUT2D eigenvalue weighted by Crippen LogP contribution is 2.38. The number of hydrogen-bond donors (Lipinski definition) is 1. The molecule has 0 radical (unpaired) electrons. The summed E-state index contributed by atoms with van der Waals surface area (Å²) < 4.78 is 56.4. The minimum atomic E-state index is -4.48. The molecule has 1 aromatic heterocycles. The number of methoxy groups -OCH3 is 2. The van der Waals surface area contributed by atoms with Gasteiger partial charge in [-0.3, -0.25) is 9.69 Å². The number of carbonyl (C=O) groups excluding carboxylic acids is 1. The van der Waals surface area contributed by atoms with Crippen LogP contribution in [-0.2, 0) is 17.5 Å². The van der Waals surface area contributed by atoms with Gasteiger partial charge in [0.25, 0.3) is 0 Å². The number of carbonyl (C=O) groups is 1. The summed E-state index contributed by atoms with van der Waals surface area (Å²) in [6.07, 6.45) is -3.01. The van der Waals surface area contributed by atoms with E-state index in [1.54, 1.807) is 38.5 Å². The van der Waals surface area contributed by atoms with Gasteiger partial charge >= 0.3 is 6.18 Å². The Hall–Kier alpha value is -5.16. The minimum absolute atomic E-state index is 0.00122. The van der Waals surface area contributed by atoms with Crippen molar-refractivity contribution in [2.75, 3.05) is 27.3 Å². The monoisotopic (exact) mass is 628 g/mol. The Morgan fingerprint density at radius 2 is 1.54 bits per heavy atom. The molecular weight excluding hydrogens is 597 g/mol. The lowest BCUT2D eigenvalue weighted by atomic mass is 9.89. The lowest BCUT2D eigenvalue weighted by molar-refractivity contribution is -0.137. The van der Waals surface area contributed by atoms with Crippen LogP contribution in [0.3, 0.4) is 0 Å². The van der Waals surface area contributed by atoms with Gasteiger partial charge in [-0.15, -0.1) is 0 Å². The second-order valence-corrected chi connectivity index (χ2v) is 11.1. The van der Waals surface area contributed by atoms with E-state index in [1.165, 1.54) is 24.0 Å². The number of ether oxygens (including phenoxy) is 3. The standard InChI is InChI=1S/C35H31F3N4O4/c1-44-26-13-3-21(4-14-26)17-42-18-27(19-42)46-31-16-29-28(15-30(31)45-2)33(41-20-40-29)24-7-5-22(6-8-24)32(34(39)43)23-9-11-25(12-10-23)35(36,37)38/h3-16,20,27,32H,17-19H2,1-2H3,(H2,39,43). The van der Waals surface area contributed by atoms with E-state index in [2.05, 4.69) is 27.0 Å². The van der Waals surface area contributed by atoms with Crippen molar-refractivity contribution in [3.05, 3.63) is 114 Å². The molecule has 8 nitrogen and oxygen atoms in total. The molecule has 0 spiro atoms. The van der Waals surface area contributed by atoms with Crippen molar-refractivity contribution >= 4 is 16.8 Å². The summed E-state index contributed by atoms with van der Waals surface area (Å²) in [7, 11) is 3.23. The predicted molar refractivity (Wildman–Crippen MR) is 167 cm³/mol. The van der Waals surface area contributed by atoms with Crippen molar-refractivity contribution < 1.29 is 32.2 Å². The molecule has 11 heteroatoms. The first-order chi connectivity index (χ1) is 22.1. The summed E-state index contributed by atoms with van der Waals surface area (Å²) in [5.41, 5.74) is 9.05. The molecule has 5 aromatic rings. The Bertz CT molecular complexity index is 1840. The molecule has 2 heterocycles. The number of aromatic nitrogens is 2. The molecule has 2 N–H and O–H groups in total. The van der Waals surface area contributed by atoms with Gasteiger partial charge in [0.1, 0.15) is 18.2 Å². The fraction of sp³-hybridized carbons (Fsp3) is 0.229. The lowest BCUT2D eigenvalue weighted by Crippen LogP contribution is -2.53. The van der Waals surface area contributed by atoms with Crippen molar-refractivity contribution in [2.24, 2.45) is 5.73 Å². The van der Waals surface area contributed by atoms with E-state index in [1.807, 2.05) is 24.3 Å². The van der Waals surface area contributed by atoms with Crippen LogP contribution < -0.4 is 19.9 Å². The van der Waals surface area contributed by atoms with E-state index in [9.17, 15) is 18.0 Å². The van der Waals surface area contributed by atoms with Gasteiger partial charge in [-0.25, -0.2) is 9.97 Å². The first-order valence-electron chi connectivity index (χ1n) is 14.5. The van der Waals surface area contributed by atoms with Crippen molar-refractivity contribution in [1.29, 1.82) is 0 Å². The maximum absolute atomic E-state index is 13.0. The highest BCUT2D eigenvalue weighted by Gasteiger charge is 2.31. The Balaban J connectivity index is 1.19. The van der Waals surface area contributed by atoms with E-state index in [4.69, 9.17) is 19.9 Å². The third-order valence-electron chi connectivity index (χ3n) is 8.08. The molecule has 1 atom stereocenters. The Kier molecular flexibility index (Phi) is 8.50. The van der Waals surface area contributed by atoms with Crippen molar-refractivity contribution in [3.63, 3.8) is 0 Å². The van der Waals surface area contributed by atoms with Crippen LogP contribution in [0.15, 0.2) is 91.3 Å². The fourth-order valence-corrected chi connectivity index (χ4v) is 5.66. The number of primary amides is 1. The highest BCUT2D eigenvalue weighted by molar-refractivity contribution is 5.94. The average molecular weight is 629 g/mol. The van der Waals surface area contributed by atoms with Crippen LogP contribution >= 0.6 is 0 Å². The number of fused-ring (bicyclic) bond motifs is 1. The third kappa shape index (κ3) is 6.45. The van der Waals surface area contributed by atoms with Gasteiger partial charge in [0.15, 0.2) is 11.5 Å². The van der Waals surface area contributed by atoms with Crippen LogP contribution in [0.25, 0.3) is 22.2 Å². The summed E-state index contributed by atoms with van der Waals surface area (Å²) in [5.74, 6) is 0.369. The van der Waals surface area contributed by atoms with Crippen LogP contribution in [0.4, 0.5) is 13.2 Å². The quantitative estimate of drug-likeness (QED) is 0.196. The Labute approximate surface area is 263 Å². The summed E-state index contributed by atoms with van der Waals surface area (Å²) >= 11 is 0. The average Bonchev–Trinajstić information content (AvgIpc) is 3.03. The molecule has 1 fully saturated rings. The van der Waals surface area contributed by atoms with Crippen LogP contribution in [-0.4, -0.2) is 54.2 Å². The van der Waals surface area contributed by atoms with E-state index >= 15 is 0 Å². The first-order valence-corrected chi connectivity index (χ1v) is 14.5. The van der Waals surface area contributed by atoms with Gasteiger partial charge in [-0.05, 0) is 47.0 Å². The second kappa shape index (κ2) is 12.7. The molecule has 1 aliphatic heterocycles. The number of rotatable bonds is 10. The van der Waals surface area contributed by atoms with E-state index in [0.29, 0.717) is 33.8 Å². The molecule has 236 valence electrons. The number of likely N-dealkylation sites (tertiary alicyclic amines) is 1. The molecule has 1 amide bonds. The molecule has 0 saturated carbocycles. The van der Waals surface area contributed by atoms with Gasteiger partial charge in [0.05, 0.1) is 36.9 Å². The molecule has 1 aliphatic rings. The zero-order valence-electron chi connectivity index (χ0n) is 25.1. The molecule has 1 unspecified atom stereocenters. The highest BCUT2D eigenvalue weighted by atomic mass is 19.4. The number of benzene rings is 4. The smallest absolute Gasteiger partial charge is 0.416 e. The van der Waals surface area contributed by atoms with Gasteiger partial charge in [0, 0.05) is 36.7 Å². The third-order valence-corrected chi connectivity index (χ3v) is 8.08. The predicted octanol–water partition coefficient (Wildman–Crippen LogP) is 6.21. The maximum Gasteiger partial charge on any atom is 0.416 e. The number of nitrogens with zero attached hydrogens (tertiary/aromatic N) is 3. The molecule has 6 rings (SSSR count). The van der Waals surface area contributed by atoms with Crippen LogP contribution in [0.1, 0.15) is 28.2 Å². The zero-order chi connectivity index (χ0) is 32.4. The number of nitrogens with two attached hydrogens (primary N) is 1. The zero-order valence-corrected chi connectivity index (χ0v) is 25.1. The number of amides is 1. The Morgan fingerprint density at radius 1 is 0.891 bits per heavy atom. The number of alkyl halides is 3. The van der Waals surface area contributed by atoms with E-state index in [-0.39, 0.29) is 6.10 Å². The molecule has 1 saturated heterocycles. The lowest BCUT2D eigenvalue weighted by Gasteiger charge is -2.39. The molecule has 4 aromatic carbocycles. The van der Waals surface area contributed by atoms with Crippen LogP contribution in [0.5, 0.6) is 17.2 Å². The minimum Gasteiger partial charge on any atom is -0.497 e. The Morgan fingerprint density at radius 3 is 2.13 bits per heavy atom. The largest absolute Gasteiger partial charge is 0.497 e. The van der Waals surface area contributed by atoms with Crippen LogP contribution in [0.2, 0.25) is 0 Å². The van der Waals surface area contributed by atoms with Gasteiger partial charge in [-0.2, -0.15) is 13.2 Å². The molecule has 46 heavy (non-hydrogen) atoms. The summed E-state index contributed by atoms with van der Waals surface area (Å²) in [6, 6.07) is 23.2. The molecule has 0 bridgehead atoms. The van der Waals surface area contributed by atoms with Crippen molar-refractivity contribution in [3.8, 4) is 28.5 Å². The first kappa shape index (κ1) is 30.8. The summed E-state index contributed by atoms with van der Waals surface area (Å²) in [5, 5.41) is 0.739. The summed E-state index contributed by atoms with van der Waals surface area (Å²) in [6.45, 7) is 2.36. The van der Waals surface area contributed by atoms with Crippen molar-refractivity contribution in [1.82, 2.24) is 14.9 Å². The maximum atomic E-state index is 13.0.